The average Bonchev–Trinajstić information content (AvgIpc) is 2.72. The topological polar surface area (TPSA) is 98.8 Å². The lowest BCUT2D eigenvalue weighted by atomic mass is 9.99. The highest BCUT2D eigenvalue weighted by atomic mass is 16.2. The van der Waals surface area contributed by atoms with Crippen molar-refractivity contribution in [2.24, 2.45) is 5.92 Å². The van der Waals surface area contributed by atoms with Gasteiger partial charge in [0, 0.05) is 20.5 Å². The first-order valence-electron chi connectivity index (χ1n) is 10.3. The van der Waals surface area contributed by atoms with Gasteiger partial charge in [0.05, 0.1) is 6.54 Å². The van der Waals surface area contributed by atoms with Gasteiger partial charge in [0.2, 0.25) is 23.6 Å². The smallest absolute Gasteiger partial charge is 0.245 e. The van der Waals surface area contributed by atoms with Gasteiger partial charge in [0.25, 0.3) is 0 Å². The number of nitrogens with one attached hydrogen (secondary N) is 2. The highest BCUT2D eigenvalue weighted by Gasteiger charge is 2.35. The van der Waals surface area contributed by atoms with Crippen LogP contribution < -0.4 is 10.6 Å². The quantitative estimate of drug-likeness (QED) is 0.749. The molecule has 2 rings (SSSR count). The third-order valence-corrected chi connectivity index (χ3v) is 5.48. The van der Waals surface area contributed by atoms with Gasteiger partial charge in [0.15, 0.2) is 0 Å². The molecule has 1 aromatic rings. The maximum absolute atomic E-state index is 13.3. The van der Waals surface area contributed by atoms with E-state index in [9.17, 15) is 19.2 Å². The Morgan fingerprint density at radius 1 is 1.00 bits per heavy atom. The number of amides is 4. The van der Waals surface area contributed by atoms with Crippen molar-refractivity contribution in [3.63, 3.8) is 0 Å². The highest BCUT2D eigenvalue weighted by molar-refractivity contribution is 5.96. The Hall–Kier alpha value is -2.90. The fourth-order valence-electron chi connectivity index (χ4n) is 3.42. The van der Waals surface area contributed by atoms with Gasteiger partial charge in [-0.1, -0.05) is 44.2 Å². The van der Waals surface area contributed by atoms with Crippen LogP contribution in [0, 0.1) is 5.92 Å². The van der Waals surface area contributed by atoms with Crippen LogP contribution in [0.3, 0.4) is 0 Å². The van der Waals surface area contributed by atoms with Crippen molar-refractivity contribution in [1.82, 2.24) is 20.4 Å². The molecule has 1 saturated heterocycles. The van der Waals surface area contributed by atoms with Gasteiger partial charge >= 0.3 is 0 Å². The number of carbonyl (C=O) groups is 4. The Morgan fingerprint density at radius 2 is 1.63 bits per heavy atom. The molecule has 4 amide bonds. The van der Waals surface area contributed by atoms with E-state index in [4.69, 9.17) is 0 Å². The standard InChI is InChI=1S/C22H32N4O4/c1-14(2)11-17-22(30)26(5)18(12-16-9-7-6-8-10-16)21(29)23-13-19(27)25(4)15(3)20(28)24-17/h6-10,14-15,17-18H,11-13H2,1-5H3,(H,23,29)(H,24,28)/t15-,17-,18?/m0/s1. The van der Waals surface area contributed by atoms with Crippen LogP contribution in [0.5, 0.6) is 0 Å². The molecule has 8 nitrogen and oxygen atoms in total. The normalized spacial score (nSPS) is 24.3. The Kier molecular flexibility index (Phi) is 7.97. The van der Waals surface area contributed by atoms with E-state index < -0.39 is 29.9 Å². The first-order chi connectivity index (χ1) is 14.1. The Balaban J connectivity index is 2.39. The predicted molar refractivity (Wildman–Crippen MR) is 113 cm³/mol. The van der Waals surface area contributed by atoms with Crippen LogP contribution in [0.1, 0.15) is 32.8 Å². The lowest BCUT2D eigenvalue weighted by Crippen LogP contribution is -2.59. The van der Waals surface area contributed by atoms with Gasteiger partial charge in [-0.15, -0.1) is 0 Å². The van der Waals surface area contributed by atoms with E-state index in [-0.39, 0.29) is 24.3 Å². The molecule has 1 aliphatic rings. The lowest BCUT2D eigenvalue weighted by molar-refractivity contribution is -0.145. The minimum absolute atomic E-state index is 0.150. The molecule has 0 radical (unpaired) electrons. The summed E-state index contributed by atoms with van der Waals surface area (Å²) in [5.41, 5.74) is 0.894. The van der Waals surface area contributed by atoms with Gasteiger partial charge < -0.3 is 20.4 Å². The predicted octanol–water partition coefficient (Wildman–Crippen LogP) is 0.564. The van der Waals surface area contributed by atoms with Gasteiger partial charge in [-0.05, 0) is 24.8 Å². The zero-order chi connectivity index (χ0) is 22.4. The Labute approximate surface area is 178 Å². The monoisotopic (exact) mass is 416 g/mol. The van der Waals surface area contributed by atoms with Crippen LogP contribution in [-0.4, -0.2) is 72.2 Å². The molecular formula is C22H32N4O4. The summed E-state index contributed by atoms with van der Waals surface area (Å²) in [6.07, 6.45) is 0.733. The van der Waals surface area contributed by atoms with Crippen molar-refractivity contribution in [2.45, 2.75) is 51.7 Å². The molecule has 0 spiro atoms. The molecule has 1 heterocycles. The fourth-order valence-corrected chi connectivity index (χ4v) is 3.42. The van der Waals surface area contributed by atoms with Gasteiger partial charge in [-0.3, -0.25) is 19.2 Å². The molecule has 164 valence electrons. The number of hydrogen-bond donors (Lipinski definition) is 2. The van der Waals surface area contributed by atoms with Crippen LogP contribution in [0.2, 0.25) is 0 Å². The third-order valence-electron chi connectivity index (χ3n) is 5.48. The van der Waals surface area contributed by atoms with E-state index in [0.29, 0.717) is 12.8 Å². The van der Waals surface area contributed by atoms with E-state index in [1.165, 1.54) is 16.8 Å². The number of likely N-dealkylation sites (N-methyl/N-ethyl adjacent to an activating group) is 2. The number of benzene rings is 1. The summed E-state index contributed by atoms with van der Waals surface area (Å²) < 4.78 is 0. The fraction of sp³-hybridized carbons (Fsp3) is 0.545. The van der Waals surface area contributed by atoms with Crippen LogP contribution in [0.4, 0.5) is 0 Å². The minimum atomic E-state index is -0.804. The van der Waals surface area contributed by atoms with E-state index >= 15 is 0 Å². The molecule has 0 saturated carbocycles. The van der Waals surface area contributed by atoms with Crippen LogP contribution >= 0.6 is 0 Å². The van der Waals surface area contributed by atoms with Crippen LogP contribution in [0.15, 0.2) is 30.3 Å². The summed E-state index contributed by atoms with van der Waals surface area (Å²) in [6, 6.07) is 7.04. The summed E-state index contributed by atoms with van der Waals surface area (Å²) in [5, 5.41) is 5.43. The molecule has 2 N–H and O–H groups in total. The first-order valence-corrected chi connectivity index (χ1v) is 10.3. The maximum atomic E-state index is 13.3. The molecule has 8 heteroatoms. The van der Waals surface area contributed by atoms with E-state index in [1.54, 1.807) is 14.0 Å². The number of carbonyl (C=O) groups excluding carboxylic acids is 4. The van der Waals surface area contributed by atoms with Crippen molar-refractivity contribution < 1.29 is 19.2 Å². The van der Waals surface area contributed by atoms with Gasteiger partial charge in [-0.25, -0.2) is 0 Å². The second kappa shape index (κ2) is 10.2. The molecule has 0 aliphatic carbocycles. The number of rotatable bonds is 4. The lowest BCUT2D eigenvalue weighted by Gasteiger charge is -2.34. The largest absolute Gasteiger partial charge is 0.345 e. The van der Waals surface area contributed by atoms with Crippen molar-refractivity contribution in [1.29, 1.82) is 0 Å². The van der Waals surface area contributed by atoms with Crippen molar-refractivity contribution in [2.75, 3.05) is 20.6 Å². The third kappa shape index (κ3) is 5.81. The van der Waals surface area contributed by atoms with Crippen molar-refractivity contribution in [3.8, 4) is 0 Å². The minimum Gasteiger partial charge on any atom is -0.345 e. The average molecular weight is 417 g/mol. The second-order valence-corrected chi connectivity index (χ2v) is 8.24. The molecule has 1 fully saturated rings. The Morgan fingerprint density at radius 3 is 2.23 bits per heavy atom. The van der Waals surface area contributed by atoms with Gasteiger partial charge in [0.1, 0.15) is 18.1 Å². The highest BCUT2D eigenvalue weighted by Crippen LogP contribution is 2.14. The SMILES string of the molecule is CC(C)C[C@@H]1NC(=O)[C@H](C)N(C)C(=O)CNC(=O)C(Cc2ccccc2)N(C)C1=O. The van der Waals surface area contributed by atoms with E-state index in [2.05, 4.69) is 10.6 Å². The molecule has 30 heavy (non-hydrogen) atoms. The van der Waals surface area contributed by atoms with E-state index in [1.807, 2.05) is 44.2 Å². The second-order valence-electron chi connectivity index (χ2n) is 8.24. The number of hydrogen-bond acceptors (Lipinski definition) is 4. The summed E-state index contributed by atoms with van der Waals surface area (Å²) in [7, 11) is 3.08. The van der Waals surface area contributed by atoms with Crippen LogP contribution in [0.25, 0.3) is 0 Å². The molecule has 1 aromatic carbocycles. The summed E-state index contributed by atoms with van der Waals surface area (Å²) in [4.78, 5) is 54.1. The zero-order valence-corrected chi connectivity index (χ0v) is 18.3. The van der Waals surface area contributed by atoms with Crippen molar-refractivity contribution in [3.05, 3.63) is 35.9 Å². The van der Waals surface area contributed by atoms with Crippen molar-refractivity contribution >= 4 is 23.6 Å². The summed E-state index contributed by atoms with van der Waals surface area (Å²) in [5.74, 6) is -1.35. The van der Waals surface area contributed by atoms with Crippen LogP contribution in [-0.2, 0) is 25.6 Å². The van der Waals surface area contributed by atoms with E-state index in [0.717, 1.165) is 5.56 Å². The number of nitrogens with zero attached hydrogens (tertiary/aromatic N) is 2. The molecule has 3 atom stereocenters. The molecule has 1 aliphatic heterocycles. The molecule has 1 unspecified atom stereocenters. The molecule has 0 aromatic heterocycles. The summed E-state index contributed by atoms with van der Waals surface area (Å²) in [6.45, 7) is 5.28. The Bertz CT molecular complexity index is 781. The molecular weight excluding hydrogens is 384 g/mol. The molecule has 0 bridgehead atoms. The van der Waals surface area contributed by atoms with Gasteiger partial charge in [-0.2, -0.15) is 0 Å². The first kappa shape index (κ1) is 23.4. The summed E-state index contributed by atoms with van der Waals surface area (Å²) >= 11 is 0. The zero-order valence-electron chi connectivity index (χ0n) is 18.3. The maximum Gasteiger partial charge on any atom is 0.245 e.